The van der Waals surface area contributed by atoms with E-state index in [1.807, 2.05) is 0 Å². The Bertz CT molecular complexity index is 560. The van der Waals surface area contributed by atoms with Crippen LogP contribution in [0.25, 0.3) is 10.9 Å². The lowest BCUT2D eigenvalue weighted by Crippen LogP contribution is -2.04. The van der Waals surface area contributed by atoms with Crippen LogP contribution in [0.1, 0.15) is 12.0 Å². The van der Waals surface area contributed by atoms with Gasteiger partial charge in [-0.05, 0) is 31.5 Å². The van der Waals surface area contributed by atoms with Gasteiger partial charge in [0, 0.05) is 24.2 Å². The molecule has 1 aliphatic heterocycles. The SMILES string of the molecule is Cc1cn(CCCN)c2cc3c(cc12)OCO3. The van der Waals surface area contributed by atoms with Crippen LogP contribution in [-0.4, -0.2) is 17.9 Å². The summed E-state index contributed by atoms with van der Waals surface area (Å²) >= 11 is 0. The minimum atomic E-state index is 0.323. The molecule has 1 aromatic carbocycles. The van der Waals surface area contributed by atoms with Crippen LogP contribution in [0.5, 0.6) is 11.5 Å². The quantitative estimate of drug-likeness (QED) is 0.880. The molecule has 0 spiro atoms. The summed E-state index contributed by atoms with van der Waals surface area (Å²) in [6.07, 6.45) is 3.15. The van der Waals surface area contributed by atoms with E-state index in [2.05, 4.69) is 29.8 Å². The lowest BCUT2D eigenvalue weighted by molar-refractivity contribution is 0.174. The number of ether oxygens (including phenoxy) is 2. The van der Waals surface area contributed by atoms with Crippen LogP contribution in [0.2, 0.25) is 0 Å². The van der Waals surface area contributed by atoms with Crippen molar-refractivity contribution in [3.05, 3.63) is 23.9 Å². The van der Waals surface area contributed by atoms with Gasteiger partial charge in [0.05, 0.1) is 5.52 Å². The molecule has 0 fully saturated rings. The third kappa shape index (κ3) is 1.65. The molecule has 0 unspecified atom stereocenters. The van der Waals surface area contributed by atoms with Crippen molar-refractivity contribution < 1.29 is 9.47 Å². The van der Waals surface area contributed by atoms with Crippen molar-refractivity contribution in [2.45, 2.75) is 19.9 Å². The van der Waals surface area contributed by atoms with Crippen LogP contribution in [-0.2, 0) is 6.54 Å². The van der Waals surface area contributed by atoms with Gasteiger partial charge in [-0.2, -0.15) is 0 Å². The minimum absolute atomic E-state index is 0.323. The highest BCUT2D eigenvalue weighted by atomic mass is 16.7. The molecule has 4 heteroatoms. The number of fused-ring (bicyclic) bond motifs is 2. The first kappa shape index (κ1) is 10.5. The summed E-state index contributed by atoms with van der Waals surface area (Å²) < 4.78 is 13.1. The summed E-state index contributed by atoms with van der Waals surface area (Å²) in [7, 11) is 0. The van der Waals surface area contributed by atoms with Gasteiger partial charge in [0.1, 0.15) is 0 Å². The van der Waals surface area contributed by atoms with Gasteiger partial charge in [0.2, 0.25) is 6.79 Å². The molecular formula is C13H16N2O2. The van der Waals surface area contributed by atoms with Crippen molar-refractivity contribution in [3.63, 3.8) is 0 Å². The molecule has 0 amide bonds. The van der Waals surface area contributed by atoms with Gasteiger partial charge in [0.15, 0.2) is 11.5 Å². The predicted molar refractivity (Wildman–Crippen MR) is 66.5 cm³/mol. The third-order valence-electron chi connectivity index (χ3n) is 3.18. The average molecular weight is 232 g/mol. The topological polar surface area (TPSA) is 49.4 Å². The van der Waals surface area contributed by atoms with E-state index in [-0.39, 0.29) is 0 Å². The first-order valence-corrected chi connectivity index (χ1v) is 5.89. The molecule has 2 N–H and O–H groups in total. The van der Waals surface area contributed by atoms with Crippen molar-refractivity contribution in [1.82, 2.24) is 4.57 Å². The van der Waals surface area contributed by atoms with Gasteiger partial charge < -0.3 is 19.8 Å². The molecule has 1 aliphatic rings. The minimum Gasteiger partial charge on any atom is -0.454 e. The Morgan fingerprint density at radius 2 is 2.06 bits per heavy atom. The Morgan fingerprint density at radius 1 is 1.29 bits per heavy atom. The molecule has 2 heterocycles. The zero-order valence-corrected chi connectivity index (χ0v) is 9.90. The summed E-state index contributed by atoms with van der Waals surface area (Å²) in [6, 6.07) is 4.12. The first-order chi connectivity index (χ1) is 8.29. The Labute approximate surface area is 99.9 Å². The van der Waals surface area contributed by atoms with E-state index in [0.29, 0.717) is 13.3 Å². The molecule has 0 saturated carbocycles. The summed E-state index contributed by atoms with van der Waals surface area (Å²) in [5.74, 6) is 1.68. The Hall–Kier alpha value is -1.68. The average Bonchev–Trinajstić information content (AvgIpc) is 2.90. The van der Waals surface area contributed by atoms with Crippen LogP contribution in [0.3, 0.4) is 0 Å². The fourth-order valence-electron chi connectivity index (χ4n) is 2.30. The van der Waals surface area contributed by atoms with Gasteiger partial charge in [-0.1, -0.05) is 0 Å². The van der Waals surface area contributed by atoms with E-state index in [0.717, 1.165) is 24.5 Å². The zero-order valence-electron chi connectivity index (χ0n) is 9.90. The fourth-order valence-corrected chi connectivity index (χ4v) is 2.30. The molecular weight excluding hydrogens is 216 g/mol. The van der Waals surface area contributed by atoms with Crippen molar-refractivity contribution in [2.24, 2.45) is 5.73 Å². The maximum absolute atomic E-state index is 5.56. The van der Waals surface area contributed by atoms with E-state index >= 15 is 0 Å². The first-order valence-electron chi connectivity index (χ1n) is 5.89. The second kappa shape index (κ2) is 3.96. The largest absolute Gasteiger partial charge is 0.454 e. The van der Waals surface area contributed by atoms with E-state index in [1.54, 1.807) is 0 Å². The van der Waals surface area contributed by atoms with E-state index in [4.69, 9.17) is 15.2 Å². The lowest BCUT2D eigenvalue weighted by atomic mass is 10.2. The van der Waals surface area contributed by atoms with Crippen molar-refractivity contribution in [2.75, 3.05) is 13.3 Å². The monoisotopic (exact) mass is 232 g/mol. The molecule has 17 heavy (non-hydrogen) atoms. The molecule has 3 rings (SSSR count). The standard InChI is InChI=1S/C13H16N2O2/c1-9-7-15(4-2-3-14)11-6-13-12(5-10(9)11)16-8-17-13/h5-7H,2-4,8,14H2,1H3. The molecule has 0 saturated heterocycles. The molecule has 90 valence electrons. The van der Waals surface area contributed by atoms with Crippen LogP contribution in [0.15, 0.2) is 18.3 Å². The Morgan fingerprint density at radius 3 is 2.82 bits per heavy atom. The van der Waals surface area contributed by atoms with Gasteiger partial charge >= 0.3 is 0 Å². The van der Waals surface area contributed by atoms with Crippen LogP contribution < -0.4 is 15.2 Å². The Balaban J connectivity index is 2.12. The summed E-state index contributed by atoms with van der Waals surface area (Å²) in [5, 5.41) is 1.23. The number of hydrogen-bond donors (Lipinski definition) is 1. The van der Waals surface area contributed by atoms with Crippen LogP contribution in [0, 0.1) is 6.92 Å². The molecule has 4 nitrogen and oxygen atoms in total. The number of aryl methyl sites for hydroxylation is 2. The van der Waals surface area contributed by atoms with Crippen molar-refractivity contribution in [3.8, 4) is 11.5 Å². The van der Waals surface area contributed by atoms with Gasteiger partial charge in [0.25, 0.3) is 0 Å². The second-order valence-electron chi connectivity index (χ2n) is 4.37. The van der Waals surface area contributed by atoms with Crippen molar-refractivity contribution >= 4 is 10.9 Å². The van der Waals surface area contributed by atoms with Gasteiger partial charge in [-0.25, -0.2) is 0 Å². The number of benzene rings is 1. The number of hydrogen-bond acceptors (Lipinski definition) is 3. The summed E-state index contributed by atoms with van der Waals surface area (Å²) in [6.45, 7) is 4.09. The van der Waals surface area contributed by atoms with Crippen molar-refractivity contribution in [1.29, 1.82) is 0 Å². The molecule has 0 bridgehead atoms. The number of nitrogens with two attached hydrogens (primary N) is 1. The smallest absolute Gasteiger partial charge is 0.231 e. The maximum Gasteiger partial charge on any atom is 0.231 e. The molecule has 0 aliphatic carbocycles. The second-order valence-corrected chi connectivity index (χ2v) is 4.37. The summed E-state index contributed by atoms with van der Waals surface area (Å²) in [5.41, 5.74) is 8.01. The van der Waals surface area contributed by atoms with Crippen LogP contribution >= 0.6 is 0 Å². The number of aromatic nitrogens is 1. The molecule has 0 radical (unpaired) electrons. The number of rotatable bonds is 3. The highest BCUT2D eigenvalue weighted by molar-refractivity contribution is 5.87. The fraction of sp³-hybridized carbons (Fsp3) is 0.385. The highest BCUT2D eigenvalue weighted by Gasteiger charge is 2.17. The molecule has 0 atom stereocenters. The summed E-state index contributed by atoms with van der Waals surface area (Å²) in [4.78, 5) is 0. The third-order valence-corrected chi connectivity index (χ3v) is 3.18. The lowest BCUT2D eigenvalue weighted by Gasteiger charge is -2.04. The predicted octanol–water partition coefficient (Wildman–Crippen LogP) is 2.03. The zero-order chi connectivity index (χ0) is 11.8. The van der Waals surface area contributed by atoms with Gasteiger partial charge in [-0.15, -0.1) is 0 Å². The van der Waals surface area contributed by atoms with E-state index < -0.39 is 0 Å². The van der Waals surface area contributed by atoms with Gasteiger partial charge in [-0.3, -0.25) is 0 Å². The molecule has 1 aromatic heterocycles. The van der Waals surface area contributed by atoms with E-state index in [1.165, 1.54) is 16.5 Å². The highest BCUT2D eigenvalue weighted by Crippen LogP contribution is 2.37. The normalized spacial score (nSPS) is 13.5. The Kier molecular flexibility index (Phi) is 2.44. The van der Waals surface area contributed by atoms with E-state index in [9.17, 15) is 0 Å². The van der Waals surface area contributed by atoms with Crippen LogP contribution in [0.4, 0.5) is 0 Å². The molecule has 2 aromatic rings. The number of nitrogens with zero attached hydrogens (tertiary/aromatic N) is 1. The maximum atomic E-state index is 5.56.